The number of halogens is 3. The smallest absolute Gasteiger partial charge is 0.0424 e. The lowest BCUT2D eigenvalue weighted by atomic mass is 10.2. The molecule has 2 rings (SSSR count). The third-order valence-corrected chi connectivity index (χ3v) is 3.36. The van der Waals surface area contributed by atoms with Gasteiger partial charge in [0.1, 0.15) is 0 Å². The van der Waals surface area contributed by atoms with Crippen molar-refractivity contribution in [3.05, 3.63) is 62.0 Å². The highest BCUT2D eigenvalue weighted by molar-refractivity contribution is 9.10. The molecule has 1 nitrogen and oxygen atoms in total. The molecule has 0 aromatic heterocycles. The topological polar surface area (TPSA) is 12.0 Å². The summed E-state index contributed by atoms with van der Waals surface area (Å²) in [5.41, 5.74) is 3.33. The normalized spacial score (nSPS) is 10.4. The van der Waals surface area contributed by atoms with Crippen LogP contribution >= 0.6 is 39.1 Å². The molecule has 4 heteroatoms. The lowest BCUT2D eigenvalue weighted by Gasteiger charge is -2.09. The number of anilines is 1. The van der Waals surface area contributed by atoms with E-state index in [1.54, 1.807) is 6.07 Å². The van der Waals surface area contributed by atoms with Crippen LogP contribution in [0.3, 0.4) is 0 Å². The summed E-state index contributed by atoms with van der Waals surface area (Å²) >= 11 is 15.4. The van der Waals surface area contributed by atoms with Gasteiger partial charge in [0.25, 0.3) is 0 Å². The molecule has 0 unspecified atom stereocenters. The van der Waals surface area contributed by atoms with Gasteiger partial charge in [-0.25, -0.2) is 0 Å². The van der Waals surface area contributed by atoms with Crippen LogP contribution in [0.4, 0.5) is 5.69 Å². The highest BCUT2D eigenvalue weighted by Crippen LogP contribution is 2.22. The van der Waals surface area contributed by atoms with Gasteiger partial charge in [0.15, 0.2) is 0 Å². The molecule has 0 saturated heterocycles. The van der Waals surface area contributed by atoms with E-state index in [0.717, 1.165) is 15.7 Å². The Bertz CT molecular complexity index is 478. The molecule has 2 aromatic carbocycles. The van der Waals surface area contributed by atoms with Crippen molar-refractivity contribution in [2.45, 2.75) is 13.5 Å². The molecule has 0 aliphatic rings. The van der Waals surface area contributed by atoms with Crippen molar-refractivity contribution < 1.29 is 0 Å². The van der Waals surface area contributed by atoms with Crippen LogP contribution in [0.1, 0.15) is 11.1 Å². The molecule has 0 amide bonds. The van der Waals surface area contributed by atoms with Crippen molar-refractivity contribution in [3.8, 4) is 0 Å². The van der Waals surface area contributed by atoms with E-state index in [0.29, 0.717) is 16.6 Å². The highest BCUT2D eigenvalue weighted by Gasteiger charge is 2.00. The molecule has 0 spiro atoms. The van der Waals surface area contributed by atoms with Gasteiger partial charge >= 0.3 is 0 Å². The summed E-state index contributed by atoms with van der Waals surface area (Å²) in [4.78, 5) is 0. The summed E-state index contributed by atoms with van der Waals surface area (Å²) in [6.45, 7) is 2.75. The van der Waals surface area contributed by atoms with E-state index in [9.17, 15) is 0 Å². The second-order valence-electron chi connectivity index (χ2n) is 4.15. The maximum absolute atomic E-state index is 5.96. The Hall–Kier alpha value is -0.700. The third kappa shape index (κ3) is 3.91. The van der Waals surface area contributed by atoms with Crippen molar-refractivity contribution in [1.82, 2.24) is 0 Å². The summed E-state index contributed by atoms with van der Waals surface area (Å²) in [6, 6.07) is 11.8. The van der Waals surface area contributed by atoms with Crippen molar-refractivity contribution in [2.24, 2.45) is 0 Å². The maximum atomic E-state index is 5.96. The van der Waals surface area contributed by atoms with E-state index in [-0.39, 0.29) is 0 Å². The van der Waals surface area contributed by atoms with Crippen LogP contribution in [0, 0.1) is 6.92 Å². The van der Waals surface area contributed by atoms with Gasteiger partial charge in [0, 0.05) is 26.8 Å². The molecule has 1 N–H and O–H groups in total. The molecule has 0 atom stereocenters. The Morgan fingerprint density at radius 2 is 1.67 bits per heavy atom. The zero-order chi connectivity index (χ0) is 13.1. The van der Waals surface area contributed by atoms with E-state index in [2.05, 4.69) is 40.3 Å². The summed E-state index contributed by atoms with van der Waals surface area (Å²) in [5, 5.41) is 4.66. The fourth-order valence-corrected chi connectivity index (χ4v) is 2.93. The SMILES string of the molecule is Cc1cc(Br)cc(NCc2cc(Cl)cc(Cl)c2)c1. The molecule has 0 aliphatic heterocycles. The fraction of sp³-hybridized carbons (Fsp3) is 0.143. The minimum atomic E-state index is 0.657. The van der Waals surface area contributed by atoms with Crippen molar-refractivity contribution in [3.63, 3.8) is 0 Å². The second-order valence-corrected chi connectivity index (χ2v) is 5.94. The molecule has 0 radical (unpaired) electrons. The summed E-state index contributed by atoms with van der Waals surface area (Å²) in [5.74, 6) is 0. The quantitative estimate of drug-likeness (QED) is 0.755. The van der Waals surface area contributed by atoms with Gasteiger partial charge in [0.2, 0.25) is 0 Å². The molecule has 0 bridgehead atoms. The van der Waals surface area contributed by atoms with Gasteiger partial charge in [-0.05, 0) is 54.4 Å². The first-order valence-corrected chi connectivity index (χ1v) is 7.04. The lowest BCUT2D eigenvalue weighted by molar-refractivity contribution is 1.15. The second kappa shape index (κ2) is 5.96. The summed E-state index contributed by atoms with van der Waals surface area (Å²) < 4.78 is 1.06. The fourth-order valence-electron chi connectivity index (χ4n) is 1.76. The van der Waals surface area contributed by atoms with E-state index in [4.69, 9.17) is 23.2 Å². The number of hydrogen-bond acceptors (Lipinski definition) is 1. The summed E-state index contributed by atoms with van der Waals surface area (Å²) in [7, 11) is 0. The Morgan fingerprint density at radius 3 is 2.28 bits per heavy atom. The van der Waals surface area contributed by atoms with Gasteiger partial charge in [0.05, 0.1) is 0 Å². The van der Waals surface area contributed by atoms with Gasteiger partial charge in [-0.15, -0.1) is 0 Å². The Morgan fingerprint density at radius 1 is 1.00 bits per heavy atom. The van der Waals surface area contributed by atoms with Gasteiger partial charge in [-0.2, -0.15) is 0 Å². The molecule has 0 saturated carbocycles. The molecular weight excluding hydrogens is 333 g/mol. The van der Waals surface area contributed by atoms with Crippen molar-refractivity contribution in [1.29, 1.82) is 0 Å². The number of rotatable bonds is 3. The van der Waals surface area contributed by atoms with Gasteiger partial charge in [-0.1, -0.05) is 39.1 Å². The number of hydrogen-bond donors (Lipinski definition) is 1. The first-order valence-electron chi connectivity index (χ1n) is 5.49. The van der Waals surface area contributed by atoms with E-state index in [1.165, 1.54) is 5.56 Å². The van der Waals surface area contributed by atoms with Crippen LogP contribution < -0.4 is 5.32 Å². The molecule has 0 heterocycles. The van der Waals surface area contributed by atoms with Crippen LogP contribution in [-0.4, -0.2) is 0 Å². The molecule has 0 aliphatic carbocycles. The predicted octanol–water partition coefficient (Wildman–Crippen LogP) is 5.68. The van der Waals surface area contributed by atoms with Gasteiger partial charge in [-0.3, -0.25) is 0 Å². The molecule has 94 valence electrons. The monoisotopic (exact) mass is 343 g/mol. The zero-order valence-electron chi connectivity index (χ0n) is 9.81. The molecule has 0 fully saturated rings. The van der Waals surface area contributed by atoms with Crippen LogP contribution in [0.2, 0.25) is 10.0 Å². The van der Waals surface area contributed by atoms with E-state index in [1.807, 2.05) is 18.2 Å². The van der Waals surface area contributed by atoms with Crippen LogP contribution in [-0.2, 0) is 6.54 Å². The Balaban J connectivity index is 2.11. The Kier molecular flexibility index (Phi) is 4.55. The first-order chi connectivity index (χ1) is 8.52. The number of aryl methyl sites for hydroxylation is 1. The highest BCUT2D eigenvalue weighted by atomic mass is 79.9. The minimum absolute atomic E-state index is 0.657. The maximum Gasteiger partial charge on any atom is 0.0424 e. The summed E-state index contributed by atoms with van der Waals surface area (Å²) in [6.07, 6.45) is 0. The van der Waals surface area contributed by atoms with Gasteiger partial charge < -0.3 is 5.32 Å². The van der Waals surface area contributed by atoms with Crippen LogP contribution in [0.5, 0.6) is 0 Å². The zero-order valence-corrected chi connectivity index (χ0v) is 12.9. The average Bonchev–Trinajstić information content (AvgIpc) is 2.23. The lowest BCUT2D eigenvalue weighted by Crippen LogP contribution is -1.99. The largest absolute Gasteiger partial charge is 0.381 e. The molecule has 18 heavy (non-hydrogen) atoms. The minimum Gasteiger partial charge on any atom is -0.381 e. The van der Waals surface area contributed by atoms with E-state index >= 15 is 0 Å². The number of benzene rings is 2. The first kappa shape index (κ1) is 13.7. The van der Waals surface area contributed by atoms with Crippen molar-refractivity contribution >= 4 is 44.8 Å². The Labute approximate surface area is 125 Å². The standard InChI is InChI=1S/C14H12BrCl2N/c1-9-2-11(15)6-14(3-9)18-8-10-4-12(16)7-13(17)5-10/h2-7,18H,8H2,1H3. The van der Waals surface area contributed by atoms with Crippen LogP contribution in [0.15, 0.2) is 40.9 Å². The predicted molar refractivity (Wildman–Crippen MR) is 82.7 cm³/mol. The number of nitrogens with one attached hydrogen (secondary N) is 1. The molecule has 2 aromatic rings. The molecular formula is C14H12BrCl2N. The third-order valence-electron chi connectivity index (χ3n) is 2.46. The van der Waals surface area contributed by atoms with E-state index < -0.39 is 0 Å². The van der Waals surface area contributed by atoms with Crippen molar-refractivity contribution in [2.75, 3.05) is 5.32 Å². The van der Waals surface area contributed by atoms with Crippen LogP contribution in [0.25, 0.3) is 0 Å². The average molecular weight is 345 g/mol.